The van der Waals surface area contributed by atoms with Crippen molar-refractivity contribution in [2.75, 3.05) is 0 Å². The quantitative estimate of drug-likeness (QED) is 0.112. The summed E-state index contributed by atoms with van der Waals surface area (Å²) in [5.74, 6) is 2.64. The summed E-state index contributed by atoms with van der Waals surface area (Å²) >= 11 is 0. The number of hydrogen-bond donors (Lipinski definition) is 0. The van der Waals surface area contributed by atoms with Crippen LogP contribution in [0.5, 0.6) is 0 Å². The fraction of sp³-hybridized carbons (Fsp3) is 0.240. The third-order valence-electron chi connectivity index (χ3n) is 13.3. The van der Waals surface area contributed by atoms with Gasteiger partial charge in [-0.3, -0.25) is 0 Å². The topological polar surface area (TPSA) is 9.86 Å². The van der Waals surface area contributed by atoms with Gasteiger partial charge < -0.3 is 9.13 Å². The summed E-state index contributed by atoms with van der Waals surface area (Å²) < 4.78 is 4.98. The van der Waals surface area contributed by atoms with Crippen molar-refractivity contribution >= 4 is 43.6 Å². The molecule has 2 heterocycles. The molecule has 11 rings (SSSR count). The third-order valence-corrected chi connectivity index (χ3v) is 13.3. The van der Waals surface area contributed by atoms with Crippen LogP contribution in [0.25, 0.3) is 66.1 Å². The Balaban J connectivity index is 1.02. The Morgan fingerprint density at radius 2 is 1.00 bits per heavy atom. The number of fused-ring (bicyclic) bond motifs is 11. The van der Waals surface area contributed by atoms with E-state index in [2.05, 4.69) is 162 Å². The molecule has 2 aromatic heterocycles. The highest BCUT2D eigenvalue weighted by Crippen LogP contribution is 2.53. The average molecular weight is 673 g/mol. The van der Waals surface area contributed by atoms with Crippen molar-refractivity contribution in [2.45, 2.75) is 57.3 Å². The molecule has 0 spiro atoms. The summed E-state index contributed by atoms with van der Waals surface area (Å²) in [6.07, 6.45) is 14.3. The van der Waals surface area contributed by atoms with E-state index in [4.69, 9.17) is 0 Å². The van der Waals surface area contributed by atoms with E-state index >= 15 is 0 Å². The van der Waals surface area contributed by atoms with Crippen molar-refractivity contribution < 1.29 is 0 Å². The Labute approximate surface area is 306 Å². The lowest BCUT2D eigenvalue weighted by atomic mass is 9.75. The summed E-state index contributed by atoms with van der Waals surface area (Å²) in [4.78, 5) is 0. The van der Waals surface area contributed by atoms with Gasteiger partial charge in [0.05, 0.1) is 22.1 Å². The minimum absolute atomic E-state index is 0.0939. The molecule has 52 heavy (non-hydrogen) atoms. The molecule has 8 aromatic rings. The lowest BCUT2D eigenvalue weighted by Gasteiger charge is -2.29. The number of unbranched alkanes of at least 4 members (excludes halogenated alkanes) is 2. The predicted molar refractivity (Wildman–Crippen MR) is 219 cm³/mol. The first-order chi connectivity index (χ1) is 25.7. The van der Waals surface area contributed by atoms with Crippen LogP contribution in [0.4, 0.5) is 0 Å². The van der Waals surface area contributed by atoms with E-state index in [1.807, 2.05) is 0 Å². The maximum Gasteiger partial charge on any atom is 0.0541 e. The molecule has 2 nitrogen and oxygen atoms in total. The zero-order valence-corrected chi connectivity index (χ0v) is 29.9. The van der Waals surface area contributed by atoms with Crippen LogP contribution in [0.3, 0.4) is 0 Å². The van der Waals surface area contributed by atoms with E-state index in [1.165, 1.54) is 116 Å². The van der Waals surface area contributed by atoms with Crippen molar-refractivity contribution in [3.05, 3.63) is 157 Å². The van der Waals surface area contributed by atoms with Crippen molar-refractivity contribution in [1.82, 2.24) is 9.13 Å². The average Bonchev–Trinajstić information content (AvgIpc) is 4.01. The second kappa shape index (κ2) is 11.6. The highest BCUT2D eigenvalue weighted by Gasteiger charge is 2.40. The molecule has 3 aliphatic carbocycles. The first-order valence-corrected chi connectivity index (χ1v) is 19.6. The molecule has 3 unspecified atom stereocenters. The Kier molecular flexibility index (Phi) is 6.75. The second-order valence-electron chi connectivity index (χ2n) is 16.2. The Hall–Kier alpha value is -5.34. The van der Waals surface area contributed by atoms with E-state index in [1.54, 1.807) is 0 Å². The molecular formula is C50H44N2. The van der Waals surface area contributed by atoms with Crippen molar-refractivity contribution in [3.63, 3.8) is 0 Å². The monoisotopic (exact) mass is 672 g/mol. The molecule has 3 atom stereocenters. The van der Waals surface area contributed by atoms with Crippen molar-refractivity contribution in [2.24, 2.45) is 17.8 Å². The van der Waals surface area contributed by atoms with Crippen LogP contribution in [0.2, 0.25) is 0 Å². The van der Waals surface area contributed by atoms with Gasteiger partial charge in [-0.15, -0.1) is 0 Å². The van der Waals surface area contributed by atoms with Gasteiger partial charge in [0, 0.05) is 38.3 Å². The zero-order valence-electron chi connectivity index (χ0n) is 29.9. The first kappa shape index (κ1) is 30.3. The lowest BCUT2D eigenvalue weighted by molar-refractivity contribution is 0.387. The van der Waals surface area contributed by atoms with E-state index in [0.29, 0.717) is 0 Å². The molecule has 0 radical (unpaired) electrons. The lowest BCUT2D eigenvalue weighted by Crippen LogP contribution is -2.21. The molecule has 0 amide bonds. The SMILES string of the molecule is CC1(CCCCCC2CC3C=CC2C3)c2cc(-n3c4ccccc4c4ccccc43)ccc2-c2ccc(-n3c4ccccc4c4ccccc43)cc21. The highest BCUT2D eigenvalue weighted by atomic mass is 15.0. The summed E-state index contributed by atoms with van der Waals surface area (Å²) in [7, 11) is 0. The largest absolute Gasteiger partial charge is 0.309 e. The van der Waals surface area contributed by atoms with Crippen molar-refractivity contribution in [3.8, 4) is 22.5 Å². The Morgan fingerprint density at radius 1 is 0.519 bits per heavy atom. The Morgan fingerprint density at radius 3 is 1.44 bits per heavy atom. The predicted octanol–water partition coefficient (Wildman–Crippen LogP) is 13.3. The van der Waals surface area contributed by atoms with Gasteiger partial charge in [0.1, 0.15) is 0 Å². The summed E-state index contributed by atoms with van der Waals surface area (Å²) in [5.41, 5.74) is 13.2. The number of allylic oxidation sites excluding steroid dienone is 2. The van der Waals surface area contributed by atoms with Gasteiger partial charge in [0.25, 0.3) is 0 Å². The van der Waals surface area contributed by atoms with Crippen LogP contribution >= 0.6 is 0 Å². The van der Waals surface area contributed by atoms with Crippen LogP contribution in [0.1, 0.15) is 63.0 Å². The molecule has 3 aliphatic rings. The first-order valence-electron chi connectivity index (χ1n) is 19.6. The standard InChI is InChI=1S/C50H44N2/c1-50(28-12-2-3-13-34-29-33-22-23-35(34)30-33)44-31-36(51-46-18-8-4-14-40(46)41-15-5-9-19-47(41)51)24-26-38(44)39-27-25-37(32-45(39)50)52-48-20-10-6-16-42(48)43-17-7-11-21-49(43)52/h4-11,14-27,31-35H,2-3,12-13,28-30H2,1H3. The molecule has 1 fully saturated rings. The minimum atomic E-state index is -0.0939. The maximum atomic E-state index is 2.55. The van der Waals surface area contributed by atoms with E-state index in [9.17, 15) is 0 Å². The van der Waals surface area contributed by atoms with Crippen LogP contribution in [-0.2, 0) is 5.41 Å². The maximum absolute atomic E-state index is 2.55. The number of benzene rings is 6. The van der Waals surface area contributed by atoms with E-state index in [-0.39, 0.29) is 5.41 Å². The molecule has 6 aromatic carbocycles. The molecule has 2 bridgehead atoms. The van der Waals surface area contributed by atoms with Gasteiger partial charge in [0.2, 0.25) is 0 Å². The van der Waals surface area contributed by atoms with Crippen LogP contribution in [0, 0.1) is 17.8 Å². The smallest absolute Gasteiger partial charge is 0.0541 e. The third kappa shape index (κ3) is 4.43. The molecule has 0 saturated heterocycles. The second-order valence-corrected chi connectivity index (χ2v) is 16.2. The highest BCUT2D eigenvalue weighted by molar-refractivity contribution is 6.10. The van der Waals surface area contributed by atoms with Crippen LogP contribution < -0.4 is 0 Å². The molecule has 0 N–H and O–H groups in total. The number of aromatic nitrogens is 2. The summed E-state index contributed by atoms with van der Waals surface area (Å²) in [6.45, 7) is 2.55. The summed E-state index contributed by atoms with van der Waals surface area (Å²) in [6, 6.07) is 50.2. The van der Waals surface area contributed by atoms with Crippen LogP contribution in [-0.4, -0.2) is 9.13 Å². The number of hydrogen-bond acceptors (Lipinski definition) is 0. The van der Waals surface area contributed by atoms with Crippen molar-refractivity contribution in [1.29, 1.82) is 0 Å². The van der Waals surface area contributed by atoms with Gasteiger partial charge in [0.15, 0.2) is 0 Å². The molecule has 0 aliphatic heterocycles. The van der Waals surface area contributed by atoms with Crippen LogP contribution in [0.15, 0.2) is 146 Å². The fourth-order valence-corrected chi connectivity index (χ4v) is 10.8. The molecule has 254 valence electrons. The molecule has 2 heteroatoms. The minimum Gasteiger partial charge on any atom is -0.309 e. The van der Waals surface area contributed by atoms with Gasteiger partial charge in [-0.2, -0.15) is 0 Å². The zero-order chi connectivity index (χ0) is 34.4. The van der Waals surface area contributed by atoms with E-state index in [0.717, 1.165) is 24.2 Å². The fourth-order valence-electron chi connectivity index (χ4n) is 10.8. The van der Waals surface area contributed by atoms with Gasteiger partial charge in [-0.1, -0.05) is 123 Å². The number of para-hydroxylation sites is 4. The van der Waals surface area contributed by atoms with E-state index < -0.39 is 0 Å². The Bertz CT molecular complexity index is 2450. The molecule has 1 saturated carbocycles. The van der Waals surface area contributed by atoms with Gasteiger partial charge in [-0.25, -0.2) is 0 Å². The van der Waals surface area contributed by atoms with Gasteiger partial charge in [-0.05, 0) is 114 Å². The number of rotatable bonds is 8. The normalized spacial score (nSPS) is 19.8. The number of nitrogens with zero attached hydrogens (tertiary/aromatic N) is 2. The molecular weight excluding hydrogens is 629 g/mol. The van der Waals surface area contributed by atoms with Gasteiger partial charge >= 0.3 is 0 Å². The summed E-state index contributed by atoms with van der Waals surface area (Å²) in [5, 5.41) is 5.25.